The minimum atomic E-state index is -2.95. The summed E-state index contributed by atoms with van der Waals surface area (Å²) in [6.45, 7) is 0. The maximum atomic E-state index is 10.3. The third-order valence-corrected chi connectivity index (χ3v) is 2.97. The molecule has 0 saturated heterocycles. The summed E-state index contributed by atoms with van der Waals surface area (Å²) in [5.74, 6) is 0. The lowest BCUT2D eigenvalue weighted by Crippen LogP contribution is -2.34. The van der Waals surface area contributed by atoms with Crippen molar-refractivity contribution in [3.8, 4) is 0 Å². The zero-order chi connectivity index (χ0) is 10.6. The van der Waals surface area contributed by atoms with Crippen molar-refractivity contribution < 1.29 is 25.2 Å². The van der Waals surface area contributed by atoms with Gasteiger partial charge in [-0.1, -0.05) is 12.8 Å². The van der Waals surface area contributed by atoms with Gasteiger partial charge in [-0.25, -0.2) is 16.8 Å². The summed E-state index contributed by atoms with van der Waals surface area (Å²) in [5, 5.41) is 0. The molecule has 0 aromatic carbocycles. The zero-order valence-corrected chi connectivity index (χ0v) is 9.12. The minimum absolute atomic E-state index is 0.511. The summed E-state index contributed by atoms with van der Waals surface area (Å²) in [6.07, 6.45) is 1.36. The van der Waals surface area contributed by atoms with Gasteiger partial charge in [0.1, 0.15) is 12.2 Å². The van der Waals surface area contributed by atoms with Crippen molar-refractivity contribution in [3.05, 3.63) is 0 Å². The van der Waals surface area contributed by atoms with Crippen molar-refractivity contribution in [1.29, 1.82) is 0 Å². The fourth-order valence-corrected chi connectivity index (χ4v) is 2.45. The van der Waals surface area contributed by atoms with Gasteiger partial charge in [0.15, 0.2) is 0 Å². The predicted molar refractivity (Wildman–Crippen MR) is 48.8 cm³/mol. The Hall–Kier alpha value is -0.180. The van der Waals surface area contributed by atoms with E-state index in [9.17, 15) is 16.8 Å². The first-order valence-corrected chi connectivity index (χ1v) is 6.41. The second kappa shape index (κ2) is 5.64. The van der Waals surface area contributed by atoms with E-state index in [4.69, 9.17) is 0 Å². The van der Waals surface area contributed by atoms with E-state index in [1.165, 1.54) is 0 Å². The second-order valence-corrected chi connectivity index (χ2v) is 4.34. The van der Waals surface area contributed by atoms with Gasteiger partial charge < -0.3 is 0 Å². The Morgan fingerprint density at radius 3 is 1.43 bits per heavy atom. The third-order valence-electron chi connectivity index (χ3n) is 2.08. The molecule has 0 aromatic heterocycles. The molecule has 1 rings (SSSR count). The van der Waals surface area contributed by atoms with E-state index in [2.05, 4.69) is 8.37 Å². The van der Waals surface area contributed by atoms with Crippen LogP contribution in [0.25, 0.3) is 0 Å². The van der Waals surface area contributed by atoms with Gasteiger partial charge >= 0.3 is 0 Å². The Kier molecular flexibility index (Phi) is 4.79. The summed E-state index contributed by atoms with van der Waals surface area (Å²) in [6, 6.07) is 0. The first kappa shape index (κ1) is 11.9. The molecule has 2 unspecified atom stereocenters. The van der Waals surface area contributed by atoms with Crippen molar-refractivity contribution in [3.63, 3.8) is 0 Å². The van der Waals surface area contributed by atoms with Crippen LogP contribution in [-0.2, 0) is 30.3 Å². The molecule has 1 saturated carbocycles. The summed E-state index contributed by atoms with van der Waals surface area (Å²) in [7, 11) is -5.90. The van der Waals surface area contributed by atoms with Crippen LogP contribution >= 0.6 is 0 Å². The van der Waals surface area contributed by atoms with Crippen LogP contribution in [0.4, 0.5) is 0 Å². The SMILES string of the molecule is O=[SH](=O)OC1CCCCC1O[SH](=O)=O. The van der Waals surface area contributed by atoms with Gasteiger partial charge in [-0.3, -0.25) is 8.37 Å². The Balaban J connectivity index is 2.58. The van der Waals surface area contributed by atoms with Gasteiger partial charge in [0, 0.05) is 0 Å². The molecule has 0 heterocycles. The maximum absolute atomic E-state index is 10.3. The number of hydrogen-bond donors (Lipinski definition) is 2. The smallest absolute Gasteiger partial charge is 0.257 e. The van der Waals surface area contributed by atoms with Crippen molar-refractivity contribution in [2.24, 2.45) is 0 Å². The van der Waals surface area contributed by atoms with Gasteiger partial charge in [0.05, 0.1) is 0 Å². The summed E-state index contributed by atoms with van der Waals surface area (Å²) in [5.41, 5.74) is 0. The molecule has 0 radical (unpaired) electrons. The van der Waals surface area contributed by atoms with Crippen molar-refractivity contribution >= 4 is 22.0 Å². The highest BCUT2D eigenvalue weighted by molar-refractivity contribution is 7.67. The van der Waals surface area contributed by atoms with E-state index in [0.29, 0.717) is 12.8 Å². The van der Waals surface area contributed by atoms with Crippen LogP contribution in [0.2, 0.25) is 0 Å². The average Bonchev–Trinajstić information content (AvgIpc) is 2.06. The fourth-order valence-electron chi connectivity index (χ4n) is 1.53. The Labute approximate surface area is 85.5 Å². The molecule has 6 nitrogen and oxygen atoms in total. The highest BCUT2D eigenvalue weighted by Crippen LogP contribution is 2.23. The molecule has 0 amide bonds. The van der Waals surface area contributed by atoms with Gasteiger partial charge in [-0.05, 0) is 12.8 Å². The molecule has 0 aromatic rings. The van der Waals surface area contributed by atoms with Crippen molar-refractivity contribution in [2.45, 2.75) is 37.9 Å². The quantitative estimate of drug-likeness (QED) is 0.641. The Morgan fingerprint density at radius 2 is 1.14 bits per heavy atom. The summed E-state index contributed by atoms with van der Waals surface area (Å²) < 4.78 is 50.4. The molecule has 0 spiro atoms. The lowest BCUT2D eigenvalue weighted by Gasteiger charge is -2.26. The lowest BCUT2D eigenvalue weighted by molar-refractivity contribution is 0.0372. The number of rotatable bonds is 4. The van der Waals surface area contributed by atoms with Crippen LogP contribution in [-0.4, -0.2) is 29.0 Å². The van der Waals surface area contributed by atoms with E-state index in [-0.39, 0.29) is 0 Å². The monoisotopic (exact) mass is 244 g/mol. The normalized spacial score (nSPS) is 28.4. The standard InChI is InChI=1S/C6H12O6S2/c7-13(8)11-5-3-1-2-4-6(5)12-14(9)10/h5-6,13-14H,1-4H2. The third kappa shape index (κ3) is 3.91. The molecule has 1 aliphatic carbocycles. The van der Waals surface area contributed by atoms with Crippen LogP contribution in [0.5, 0.6) is 0 Å². The molecule has 8 heteroatoms. The maximum Gasteiger partial charge on any atom is 0.257 e. The molecule has 84 valence electrons. The van der Waals surface area contributed by atoms with Crippen LogP contribution < -0.4 is 0 Å². The molecule has 14 heavy (non-hydrogen) atoms. The number of thiol groups is 2. The molecule has 0 bridgehead atoms. The van der Waals surface area contributed by atoms with E-state index < -0.39 is 34.2 Å². The fraction of sp³-hybridized carbons (Fsp3) is 1.00. The Bertz CT molecular complexity index is 272. The first-order valence-electron chi connectivity index (χ1n) is 4.22. The van der Waals surface area contributed by atoms with Crippen molar-refractivity contribution in [1.82, 2.24) is 0 Å². The van der Waals surface area contributed by atoms with Crippen molar-refractivity contribution in [2.75, 3.05) is 0 Å². The predicted octanol–water partition coefficient (Wildman–Crippen LogP) is -0.616. The number of hydrogen-bond acceptors (Lipinski definition) is 6. The zero-order valence-electron chi connectivity index (χ0n) is 7.33. The molecular weight excluding hydrogens is 232 g/mol. The molecule has 1 fully saturated rings. The first-order chi connectivity index (χ1) is 6.59. The average molecular weight is 244 g/mol. The van der Waals surface area contributed by atoms with Crippen LogP contribution in [0.3, 0.4) is 0 Å². The largest absolute Gasteiger partial charge is 0.266 e. The molecule has 0 aliphatic heterocycles. The Morgan fingerprint density at radius 1 is 0.786 bits per heavy atom. The highest BCUT2D eigenvalue weighted by atomic mass is 32.2. The van der Waals surface area contributed by atoms with E-state index in [0.717, 1.165) is 12.8 Å². The van der Waals surface area contributed by atoms with Crippen LogP contribution in [0.1, 0.15) is 25.7 Å². The van der Waals surface area contributed by atoms with Crippen LogP contribution in [0, 0.1) is 0 Å². The lowest BCUT2D eigenvalue weighted by atomic mass is 9.95. The topological polar surface area (TPSA) is 86.7 Å². The highest BCUT2D eigenvalue weighted by Gasteiger charge is 2.28. The molecular formula is C6H12O6S2. The van der Waals surface area contributed by atoms with E-state index >= 15 is 0 Å². The van der Waals surface area contributed by atoms with Gasteiger partial charge in [0.25, 0.3) is 22.0 Å². The van der Waals surface area contributed by atoms with Gasteiger partial charge in [-0.2, -0.15) is 0 Å². The molecule has 2 atom stereocenters. The van der Waals surface area contributed by atoms with E-state index in [1.807, 2.05) is 0 Å². The molecule has 1 aliphatic rings. The second-order valence-electron chi connectivity index (χ2n) is 3.02. The summed E-state index contributed by atoms with van der Waals surface area (Å²) >= 11 is 0. The van der Waals surface area contributed by atoms with Gasteiger partial charge in [-0.15, -0.1) is 0 Å². The van der Waals surface area contributed by atoms with E-state index in [1.54, 1.807) is 0 Å². The van der Waals surface area contributed by atoms with Gasteiger partial charge in [0.2, 0.25) is 0 Å². The molecule has 0 N–H and O–H groups in total. The summed E-state index contributed by atoms with van der Waals surface area (Å²) in [4.78, 5) is 0. The van der Waals surface area contributed by atoms with Crippen LogP contribution in [0.15, 0.2) is 0 Å². The minimum Gasteiger partial charge on any atom is -0.266 e.